The van der Waals surface area contributed by atoms with E-state index in [1.54, 1.807) is 24.8 Å². The zero-order valence-electron chi connectivity index (χ0n) is 25.3. The van der Waals surface area contributed by atoms with Crippen molar-refractivity contribution < 1.29 is 19.5 Å². The fourth-order valence-corrected chi connectivity index (χ4v) is 8.45. The summed E-state index contributed by atoms with van der Waals surface area (Å²) in [5.74, 6) is 0. The SMILES string of the molecule is [Ru+3].c1ccc2c(c1)ccc1cccnc12.c1cnc2c(c1)c1n[se]nc1c1cccnc12.c1cnc2c(c1)c1n[se]nc1c1cccnc12. The predicted molar refractivity (Wildman–Crippen MR) is 193 cm³/mol. The Kier molecular flexibility index (Phi) is 8.64. The van der Waals surface area contributed by atoms with Gasteiger partial charge in [-0.3, -0.25) is 4.98 Å². The Morgan fingerprint density at radius 3 is 1.06 bits per heavy atom. The quantitative estimate of drug-likeness (QED) is 0.118. The van der Waals surface area contributed by atoms with Crippen LogP contribution >= 0.6 is 0 Å². The Labute approximate surface area is 303 Å². The molecule has 231 valence electrons. The molecule has 0 saturated heterocycles. The number of fused-ring (bicyclic) bond motifs is 15. The molecular weight excluding hydrogens is 829 g/mol. The summed E-state index contributed by atoms with van der Waals surface area (Å²) in [5.41, 5.74) is 8.67. The van der Waals surface area contributed by atoms with Crippen molar-refractivity contribution in [1.29, 1.82) is 0 Å². The zero-order valence-corrected chi connectivity index (χ0v) is 30.5. The van der Waals surface area contributed by atoms with Crippen molar-refractivity contribution in [2.24, 2.45) is 0 Å². The maximum atomic E-state index is 4.51. The maximum absolute atomic E-state index is 4.51. The van der Waals surface area contributed by atoms with Gasteiger partial charge in [0.2, 0.25) is 0 Å². The summed E-state index contributed by atoms with van der Waals surface area (Å²) in [4.78, 5) is 22.1. The van der Waals surface area contributed by atoms with Gasteiger partial charge in [-0.15, -0.1) is 0 Å². The molecule has 4 aromatic carbocycles. The molecule has 0 N–H and O–H groups in total. The van der Waals surface area contributed by atoms with Crippen LogP contribution in [0, 0.1) is 0 Å². The van der Waals surface area contributed by atoms with E-state index in [0.717, 1.165) is 71.2 Å². The molecule has 0 spiro atoms. The number of pyridine rings is 5. The van der Waals surface area contributed by atoms with Crippen LogP contribution in [0.1, 0.15) is 0 Å². The molecule has 1 radical (unpaired) electrons. The molecule has 0 aliphatic carbocycles. The van der Waals surface area contributed by atoms with Gasteiger partial charge in [0.05, 0.1) is 5.52 Å². The minimum atomic E-state index is -0.0325. The average Bonchev–Trinajstić information content (AvgIpc) is 3.88. The number of aromatic nitrogens is 9. The number of benzene rings is 4. The van der Waals surface area contributed by atoms with Crippen molar-refractivity contribution in [2.45, 2.75) is 0 Å². The van der Waals surface area contributed by atoms with Gasteiger partial charge in [-0.25, -0.2) is 0 Å². The second-order valence-corrected chi connectivity index (χ2v) is 13.1. The minimum absolute atomic E-state index is 0. The second kappa shape index (κ2) is 13.5. The third-order valence-electron chi connectivity index (χ3n) is 8.17. The normalized spacial score (nSPS) is 11.1. The van der Waals surface area contributed by atoms with Crippen LogP contribution in [0.3, 0.4) is 0 Å². The fraction of sp³-hybridized carbons (Fsp3) is 0. The first-order valence-corrected chi connectivity index (χ1v) is 18.1. The molecule has 0 amide bonds. The molecule has 0 aliphatic rings. The standard InChI is InChI=1S/C13H9N.2C12H6N4Se.Ru/c1-2-6-12-10(4-1)7-8-11-5-3-9-14-13(11)12;2*1-3-7-9(13-5-1)10-8(4-2-6-14-10)12-11(7)15-17-16-12;/h1-9H;2*1-6H;/q;;;+3. The van der Waals surface area contributed by atoms with Crippen molar-refractivity contribution in [3.63, 3.8) is 0 Å². The molecule has 0 bridgehead atoms. The van der Waals surface area contributed by atoms with E-state index in [-0.39, 0.29) is 49.4 Å². The Bertz CT molecular complexity index is 2610. The van der Waals surface area contributed by atoms with Crippen molar-refractivity contribution in [2.75, 3.05) is 0 Å². The molecule has 9 nitrogen and oxygen atoms in total. The van der Waals surface area contributed by atoms with Crippen molar-refractivity contribution in [3.8, 4) is 0 Å². The second-order valence-electron chi connectivity index (χ2n) is 10.9. The van der Waals surface area contributed by atoms with Crippen LogP contribution in [0.2, 0.25) is 0 Å². The third kappa shape index (κ3) is 5.58. The third-order valence-corrected chi connectivity index (χ3v) is 10.4. The molecule has 12 heteroatoms. The van der Waals surface area contributed by atoms with Gasteiger partial charge in [0.25, 0.3) is 0 Å². The van der Waals surface area contributed by atoms with Gasteiger partial charge >= 0.3 is 224 Å². The van der Waals surface area contributed by atoms with Crippen molar-refractivity contribution >= 4 is 117 Å². The summed E-state index contributed by atoms with van der Waals surface area (Å²) >= 11 is -0.0650. The molecule has 7 heterocycles. The van der Waals surface area contributed by atoms with Crippen LogP contribution in [0.4, 0.5) is 0 Å². The molecule has 0 unspecified atom stereocenters. The molecule has 0 atom stereocenters. The molecule has 11 aromatic rings. The van der Waals surface area contributed by atoms with Crippen LogP contribution in [-0.4, -0.2) is 70.8 Å². The average molecular weight is 851 g/mol. The number of hydrogen-bond donors (Lipinski definition) is 0. The van der Waals surface area contributed by atoms with Gasteiger partial charge in [-0.05, 0) is 11.5 Å². The van der Waals surface area contributed by atoms with Gasteiger partial charge in [-0.1, -0.05) is 42.5 Å². The number of rotatable bonds is 0. The molecule has 0 saturated carbocycles. The monoisotopic (exact) mass is 853 g/mol. The Morgan fingerprint density at radius 2 is 0.612 bits per heavy atom. The van der Waals surface area contributed by atoms with Gasteiger partial charge in [0, 0.05) is 17.0 Å². The van der Waals surface area contributed by atoms with E-state index in [1.165, 1.54) is 16.2 Å². The summed E-state index contributed by atoms with van der Waals surface area (Å²) in [5, 5.41) is 7.89. The Hall–Kier alpha value is -4.95. The molecule has 0 aliphatic heterocycles. The van der Waals surface area contributed by atoms with Gasteiger partial charge < -0.3 is 0 Å². The summed E-state index contributed by atoms with van der Waals surface area (Å²) < 4.78 is 18.0. The molecule has 49 heavy (non-hydrogen) atoms. The zero-order chi connectivity index (χ0) is 31.9. The van der Waals surface area contributed by atoms with Crippen LogP contribution in [0.25, 0.3) is 87.4 Å². The van der Waals surface area contributed by atoms with Crippen molar-refractivity contribution in [1.82, 2.24) is 40.8 Å². The van der Waals surface area contributed by atoms with E-state index in [2.05, 4.69) is 83.3 Å². The summed E-state index contributed by atoms with van der Waals surface area (Å²) in [7, 11) is 0. The molecule has 0 fully saturated rings. The summed E-state index contributed by atoms with van der Waals surface area (Å²) in [6.45, 7) is 0. The van der Waals surface area contributed by atoms with E-state index in [4.69, 9.17) is 0 Å². The van der Waals surface area contributed by atoms with Crippen LogP contribution in [0.5, 0.6) is 0 Å². The Morgan fingerprint density at radius 1 is 0.286 bits per heavy atom. The Balaban J connectivity index is 0.000000106. The molecule has 7 aromatic heterocycles. The van der Waals surface area contributed by atoms with E-state index in [9.17, 15) is 0 Å². The van der Waals surface area contributed by atoms with Crippen LogP contribution < -0.4 is 0 Å². The summed E-state index contributed by atoms with van der Waals surface area (Å²) in [6.07, 6.45) is 9.01. The predicted octanol–water partition coefficient (Wildman–Crippen LogP) is 6.95. The number of hydrogen-bond acceptors (Lipinski definition) is 9. The van der Waals surface area contributed by atoms with Crippen LogP contribution in [0.15, 0.2) is 128 Å². The van der Waals surface area contributed by atoms with Gasteiger partial charge in [0.15, 0.2) is 0 Å². The summed E-state index contributed by atoms with van der Waals surface area (Å²) in [6, 6.07) is 32.5. The molecule has 11 rings (SSSR count). The first kappa shape index (κ1) is 31.3. The first-order chi connectivity index (χ1) is 23.8. The van der Waals surface area contributed by atoms with E-state index >= 15 is 0 Å². The van der Waals surface area contributed by atoms with E-state index in [0.29, 0.717) is 0 Å². The van der Waals surface area contributed by atoms with E-state index in [1.807, 2.05) is 60.8 Å². The van der Waals surface area contributed by atoms with Gasteiger partial charge in [0.1, 0.15) is 0 Å². The fourth-order valence-electron chi connectivity index (χ4n) is 6.04. The van der Waals surface area contributed by atoms with Crippen molar-refractivity contribution in [3.05, 3.63) is 128 Å². The van der Waals surface area contributed by atoms with Crippen LogP contribution in [-0.2, 0) is 19.5 Å². The first-order valence-electron chi connectivity index (χ1n) is 15.0. The van der Waals surface area contributed by atoms with E-state index < -0.39 is 0 Å². The van der Waals surface area contributed by atoms with Gasteiger partial charge in [-0.2, -0.15) is 0 Å². The number of nitrogens with zero attached hydrogens (tertiary/aromatic N) is 9. The topological polar surface area (TPSA) is 116 Å². The molecular formula is C37H21N9RuSe2+3.